The Kier molecular flexibility index (Phi) is 43.7. The Bertz CT molecular complexity index is 2960. The summed E-state index contributed by atoms with van der Waals surface area (Å²) in [5.41, 5.74) is 23.2. The van der Waals surface area contributed by atoms with Crippen LogP contribution in [0, 0.1) is 17.8 Å². The number of unbranched alkanes of at least 4 members (excludes halogenated alkanes) is 3. The van der Waals surface area contributed by atoms with Crippen LogP contribution in [0.1, 0.15) is 152 Å². The van der Waals surface area contributed by atoms with Crippen molar-refractivity contribution in [3.05, 3.63) is 18.2 Å². The quantitative estimate of drug-likeness (QED) is 0.0269. The van der Waals surface area contributed by atoms with Gasteiger partial charge in [0.15, 0.2) is 0 Å². The lowest BCUT2D eigenvalue weighted by Gasteiger charge is -2.29. The second-order valence-corrected chi connectivity index (χ2v) is 26.8. The molecule has 0 unspecified atom stereocenters. The summed E-state index contributed by atoms with van der Waals surface area (Å²) in [5, 5.41) is 75.0. The molecule has 0 fully saturated rings. The summed E-state index contributed by atoms with van der Waals surface area (Å²) < 4.78 is 0. The van der Waals surface area contributed by atoms with E-state index in [0.29, 0.717) is 50.9 Å². The number of carboxylic acid groups (broad SMARTS) is 1. The molecular weight excluding hydrogens is 1360 g/mol. The van der Waals surface area contributed by atoms with E-state index in [-0.39, 0.29) is 63.3 Å². The molecule has 0 spiro atoms. The summed E-state index contributed by atoms with van der Waals surface area (Å²) in [4.78, 5) is 207. The number of carbonyl (C=O) groups is 15. The fraction of sp³-hybridized carbons (Fsp3) is 0.723. The standard InChI is InChI=1S/C65H116N20O19/c1-32(2)24-44(56(94)72-29-49(90)78-45(25-33(3)4)59(97)74-35(7)53(91)71-28-48(89)77-42(19-13-16-22-67)57(95)76-37(9)65(103)104)80-61(99)47(30-86)82-54(92)36(8)75-63(101)51(38(10)87)85-58(96)43(20-14-17-23-68)79-62(100)50(34(5)6)83-60(98)46(26-40-27-70-31-73-40)81-64(102)52(39(11)88)84-55(93)41(69)18-12-15-21-66/h27,31-39,41-47,50-52,86-88H,12-26,28-30,66-69H2,1-11H3,(H,70,73)(H,71,91)(H,72,94)(H,74,97)(H,75,101)(H,76,95)(H,77,89)(H,78,90)(H,79,100)(H,80,99)(H,81,102)(H,82,92)(H,83,98)(H,84,93)(H,85,96)(H,103,104)/t35-,36-,37-,38+,39+,41-,42-,43-,44-,45-,46-,47-,50-,51-,52-/m0/s1. The van der Waals surface area contributed by atoms with E-state index in [1.54, 1.807) is 41.5 Å². The Balaban J connectivity index is 3.17. The van der Waals surface area contributed by atoms with Crippen molar-refractivity contribution < 1.29 is 92.3 Å². The summed E-state index contributed by atoms with van der Waals surface area (Å²) in [6.45, 7) is 14.6. The number of aromatic nitrogens is 2. The third-order valence-corrected chi connectivity index (χ3v) is 16.1. The maximum atomic E-state index is 14.2. The molecule has 0 aliphatic heterocycles. The molecule has 0 bridgehead atoms. The van der Waals surface area contributed by atoms with Gasteiger partial charge in [-0.2, -0.15) is 0 Å². The zero-order valence-corrected chi connectivity index (χ0v) is 61.4. The highest BCUT2D eigenvalue weighted by molar-refractivity contribution is 6.00. The van der Waals surface area contributed by atoms with Gasteiger partial charge in [0.2, 0.25) is 82.7 Å². The molecule has 27 N–H and O–H groups in total. The predicted molar refractivity (Wildman–Crippen MR) is 377 cm³/mol. The molecule has 1 heterocycles. The van der Waals surface area contributed by atoms with Crippen LogP contribution in [0.25, 0.3) is 0 Å². The van der Waals surface area contributed by atoms with Crippen molar-refractivity contribution in [1.29, 1.82) is 0 Å². The average molecular weight is 1480 g/mol. The second-order valence-electron chi connectivity index (χ2n) is 26.8. The molecule has 39 nitrogen and oxygen atoms in total. The zero-order valence-electron chi connectivity index (χ0n) is 61.4. The van der Waals surface area contributed by atoms with E-state index >= 15 is 0 Å². The van der Waals surface area contributed by atoms with Crippen molar-refractivity contribution in [3.8, 4) is 0 Å². The molecule has 104 heavy (non-hydrogen) atoms. The Morgan fingerprint density at radius 1 is 0.413 bits per heavy atom. The molecule has 0 saturated heterocycles. The number of nitrogens with two attached hydrogens (primary N) is 4. The fourth-order valence-corrected chi connectivity index (χ4v) is 10.0. The van der Waals surface area contributed by atoms with Gasteiger partial charge in [0.25, 0.3) is 0 Å². The molecular formula is C65H116N20O19. The molecule has 0 aliphatic rings. The highest BCUT2D eigenvalue weighted by Crippen LogP contribution is 2.13. The van der Waals surface area contributed by atoms with Crippen LogP contribution in [0.15, 0.2) is 12.5 Å². The molecule has 0 saturated carbocycles. The number of hydrogen-bond acceptors (Lipinski definition) is 23. The number of hydrogen-bond donors (Lipinski definition) is 23. The van der Waals surface area contributed by atoms with Crippen molar-refractivity contribution >= 4 is 88.7 Å². The van der Waals surface area contributed by atoms with Crippen LogP contribution >= 0.6 is 0 Å². The van der Waals surface area contributed by atoms with Gasteiger partial charge in [-0.3, -0.25) is 71.9 Å². The smallest absolute Gasteiger partial charge is 0.325 e. The first-order chi connectivity index (χ1) is 48.8. The third kappa shape index (κ3) is 35.4. The Hall–Kier alpha value is -9.02. The summed E-state index contributed by atoms with van der Waals surface area (Å²) in [6, 6.07) is -18.3. The summed E-state index contributed by atoms with van der Waals surface area (Å²) in [5.74, 6) is -15.2. The van der Waals surface area contributed by atoms with Gasteiger partial charge in [0.1, 0.15) is 72.5 Å². The van der Waals surface area contributed by atoms with Gasteiger partial charge in [-0.15, -0.1) is 0 Å². The Labute approximate surface area is 605 Å². The number of aliphatic carboxylic acids is 1. The van der Waals surface area contributed by atoms with E-state index in [9.17, 15) is 92.3 Å². The van der Waals surface area contributed by atoms with Crippen molar-refractivity contribution in [1.82, 2.24) is 84.4 Å². The van der Waals surface area contributed by atoms with Gasteiger partial charge in [0, 0.05) is 18.3 Å². The fourth-order valence-electron chi connectivity index (χ4n) is 10.0. The highest BCUT2D eigenvalue weighted by atomic mass is 16.4. The summed E-state index contributed by atoms with van der Waals surface area (Å²) in [7, 11) is 0. The minimum Gasteiger partial charge on any atom is -0.480 e. The Morgan fingerprint density at radius 2 is 0.788 bits per heavy atom. The minimum absolute atomic E-state index is 0.0352. The molecule has 0 radical (unpaired) electrons. The monoisotopic (exact) mass is 1480 g/mol. The van der Waals surface area contributed by atoms with Crippen LogP contribution in [-0.2, 0) is 78.3 Å². The molecule has 39 heteroatoms. The summed E-state index contributed by atoms with van der Waals surface area (Å²) in [6.07, 6.45) is 2.32. The van der Waals surface area contributed by atoms with E-state index in [2.05, 4.69) is 84.4 Å². The van der Waals surface area contributed by atoms with Gasteiger partial charge in [-0.05, 0) is 136 Å². The lowest BCUT2D eigenvalue weighted by Crippen LogP contribution is -2.62. The van der Waals surface area contributed by atoms with Gasteiger partial charge in [-0.25, -0.2) is 4.98 Å². The number of amides is 14. The molecule has 0 aromatic carbocycles. The highest BCUT2D eigenvalue weighted by Gasteiger charge is 2.38. The number of carbonyl (C=O) groups excluding carboxylic acids is 14. The lowest BCUT2D eigenvalue weighted by molar-refractivity contribution is -0.141. The number of imidazole rings is 1. The van der Waals surface area contributed by atoms with E-state index < -0.39 is 205 Å². The number of carboxylic acids is 1. The second kappa shape index (κ2) is 48.8. The van der Waals surface area contributed by atoms with E-state index in [4.69, 9.17) is 22.9 Å². The number of H-pyrrole nitrogens is 1. The number of aromatic amines is 1. The average Bonchev–Trinajstić information content (AvgIpc) is 1.01. The molecule has 0 aliphatic carbocycles. The van der Waals surface area contributed by atoms with Crippen LogP contribution in [0.3, 0.4) is 0 Å². The van der Waals surface area contributed by atoms with Crippen molar-refractivity contribution in [2.75, 3.05) is 39.3 Å². The van der Waals surface area contributed by atoms with Crippen LogP contribution in [0.5, 0.6) is 0 Å². The molecule has 14 amide bonds. The predicted octanol–water partition coefficient (Wildman–Crippen LogP) is -7.64. The van der Waals surface area contributed by atoms with E-state index in [1.165, 1.54) is 40.2 Å². The topological polar surface area (TPSA) is 638 Å². The normalized spacial score (nSPS) is 15.6. The number of nitrogens with zero attached hydrogens (tertiary/aromatic N) is 1. The Morgan fingerprint density at radius 3 is 1.27 bits per heavy atom. The van der Waals surface area contributed by atoms with Gasteiger partial charge >= 0.3 is 5.97 Å². The van der Waals surface area contributed by atoms with Gasteiger partial charge in [0.05, 0.1) is 44.3 Å². The third-order valence-electron chi connectivity index (χ3n) is 16.1. The van der Waals surface area contributed by atoms with E-state index in [0.717, 1.165) is 6.92 Å². The molecule has 590 valence electrons. The largest absolute Gasteiger partial charge is 0.480 e. The number of aliphatic hydroxyl groups excluding tert-OH is 3. The maximum absolute atomic E-state index is 14.2. The van der Waals surface area contributed by atoms with Crippen LogP contribution in [-0.4, -0.2) is 249 Å². The molecule has 15 atom stereocenters. The zero-order chi connectivity index (χ0) is 79.1. The SMILES string of the molecule is CC(C)C[C@H](NC(=O)CNC(=O)[C@H](CC(C)C)NC(=O)[C@H](CO)NC(=O)[C@H](C)NC(=O)[C@@H](NC(=O)[C@H](CCCCN)NC(=O)[C@@H](NC(=O)[C@H](Cc1cnc[nH]1)NC(=O)[C@@H](NC(=O)[C@@H](N)CCCCN)[C@@H](C)O)C(C)C)[C@@H](C)O)C(=O)N[C@@H](C)C(=O)NCC(=O)N[C@@H](CCCCN)C(=O)N[C@@H](C)C(=O)O. The first kappa shape index (κ1) is 93.0. The maximum Gasteiger partial charge on any atom is 0.325 e. The van der Waals surface area contributed by atoms with Crippen LogP contribution in [0.2, 0.25) is 0 Å². The van der Waals surface area contributed by atoms with Crippen molar-refractivity contribution in [3.63, 3.8) is 0 Å². The number of rotatable bonds is 51. The minimum atomic E-state index is -1.80. The van der Waals surface area contributed by atoms with Crippen molar-refractivity contribution in [2.24, 2.45) is 40.7 Å². The summed E-state index contributed by atoms with van der Waals surface area (Å²) >= 11 is 0. The van der Waals surface area contributed by atoms with Gasteiger partial charge < -0.3 is 123 Å². The first-order valence-electron chi connectivity index (χ1n) is 35.0. The first-order valence-corrected chi connectivity index (χ1v) is 35.0. The van der Waals surface area contributed by atoms with Crippen LogP contribution in [0.4, 0.5) is 0 Å². The number of nitrogens with one attached hydrogen (secondary N) is 15. The lowest BCUT2D eigenvalue weighted by atomic mass is 10.00. The number of aliphatic hydroxyl groups is 3. The molecule has 1 rings (SSSR count). The van der Waals surface area contributed by atoms with E-state index in [1.807, 2.05) is 0 Å². The van der Waals surface area contributed by atoms with Crippen molar-refractivity contribution in [2.45, 2.75) is 244 Å². The molecule has 1 aromatic rings. The van der Waals surface area contributed by atoms with Crippen LogP contribution < -0.4 is 97.4 Å². The molecule has 1 aromatic heterocycles. The van der Waals surface area contributed by atoms with Gasteiger partial charge in [-0.1, -0.05) is 48.0 Å².